The highest BCUT2D eigenvalue weighted by atomic mass is 35.5. The number of non-ortho nitro benzene ring substituents is 1. The Morgan fingerprint density at radius 2 is 2.15 bits per heavy atom. The Labute approximate surface area is 161 Å². The average Bonchev–Trinajstić information content (AvgIpc) is 3.16. The normalized spacial score (nSPS) is 16.1. The Balaban J connectivity index is 1.82. The molecule has 0 aliphatic carbocycles. The van der Waals surface area contributed by atoms with Crippen LogP contribution in [-0.2, 0) is 4.74 Å². The number of amides is 1. The van der Waals surface area contributed by atoms with Gasteiger partial charge in [-0.05, 0) is 43.5 Å². The number of halogens is 1. The topological polar surface area (TPSA) is 93.5 Å². The van der Waals surface area contributed by atoms with E-state index in [1.54, 1.807) is 24.3 Å². The second kappa shape index (κ2) is 8.37. The monoisotopic (exact) mass is 389 g/mol. The second-order valence-corrected chi connectivity index (χ2v) is 6.83. The van der Waals surface area contributed by atoms with Crippen LogP contribution in [0.25, 0.3) is 0 Å². The molecule has 1 fully saturated rings. The minimum atomic E-state index is -0.524. The van der Waals surface area contributed by atoms with Gasteiger partial charge in [0.05, 0.1) is 16.6 Å². The number of nitro groups is 1. The molecule has 0 spiro atoms. The predicted octanol–water partition coefficient (Wildman–Crippen LogP) is 4.40. The number of carbonyl (C=O) groups is 1. The molecule has 0 radical (unpaired) electrons. The lowest BCUT2D eigenvalue weighted by atomic mass is 10.1. The van der Waals surface area contributed by atoms with E-state index in [4.69, 9.17) is 16.3 Å². The summed E-state index contributed by atoms with van der Waals surface area (Å²) in [6, 6.07) is 9.36. The summed E-state index contributed by atoms with van der Waals surface area (Å²) in [4.78, 5) is 23.3. The first-order valence-corrected chi connectivity index (χ1v) is 9.03. The van der Waals surface area contributed by atoms with Crippen molar-refractivity contribution in [1.82, 2.24) is 0 Å². The Hall–Kier alpha value is -2.64. The Kier molecular flexibility index (Phi) is 5.93. The molecule has 1 aliphatic heterocycles. The fourth-order valence-electron chi connectivity index (χ4n) is 2.89. The number of benzene rings is 2. The van der Waals surface area contributed by atoms with Crippen molar-refractivity contribution in [2.45, 2.75) is 25.9 Å². The number of nitrogens with zero attached hydrogens (tertiary/aromatic N) is 1. The summed E-state index contributed by atoms with van der Waals surface area (Å²) in [5, 5.41) is 17.6. The molecule has 1 aliphatic rings. The van der Waals surface area contributed by atoms with Crippen LogP contribution in [0.5, 0.6) is 0 Å². The van der Waals surface area contributed by atoms with Crippen molar-refractivity contribution < 1.29 is 14.5 Å². The maximum absolute atomic E-state index is 12.8. The van der Waals surface area contributed by atoms with E-state index in [-0.39, 0.29) is 17.4 Å². The van der Waals surface area contributed by atoms with Gasteiger partial charge in [0.1, 0.15) is 0 Å². The lowest BCUT2D eigenvalue weighted by Crippen LogP contribution is -2.21. The van der Waals surface area contributed by atoms with Crippen molar-refractivity contribution in [1.29, 1.82) is 0 Å². The Morgan fingerprint density at radius 1 is 1.33 bits per heavy atom. The number of ether oxygens (including phenoxy) is 1. The van der Waals surface area contributed by atoms with Crippen LogP contribution in [-0.4, -0.2) is 30.1 Å². The standard InChI is InChI=1S/C19H20ClN3O4/c1-12-4-5-13(9-17(12)20)22-19(24)16-10-14(23(25)26)6-7-18(16)21-11-15-3-2-8-27-15/h4-7,9-10,15,21H,2-3,8,11H2,1H3,(H,22,24)/t15-/m0/s1. The lowest BCUT2D eigenvalue weighted by molar-refractivity contribution is -0.384. The zero-order valence-corrected chi connectivity index (χ0v) is 15.6. The van der Waals surface area contributed by atoms with Crippen LogP contribution in [0.3, 0.4) is 0 Å². The summed E-state index contributed by atoms with van der Waals surface area (Å²) in [5.41, 5.74) is 1.98. The van der Waals surface area contributed by atoms with E-state index in [1.165, 1.54) is 12.1 Å². The van der Waals surface area contributed by atoms with E-state index in [9.17, 15) is 14.9 Å². The van der Waals surface area contributed by atoms with E-state index in [0.29, 0.717) is 22.9 Å². The van der Waals surface area contributed by atoms with Crippen LogP contribution in [0.2, 0.25) is 5.02 Å². The van der Waals surface area contributed by atoms with Gasteiger partial charge in [-0.15, -0.1) is 0 Å². The summed E-state index contributed by atoms with van der Waals surface area (Å²) in [6.45, 7) is 3.13. The maximum atomic E-state index is 12.8. The molecule has 0 unspecified atom stereocenters. The van der Waals surface area contributed by atoms with Crippen molar-refractivity contribution in [3.8, 4) is 0 Å². The minimum Gasteiger partial charge on any atom is -0.382 e. The van der Waals surface area contributed by atoms with Crippen LogP contribution in [0, 0.1) is 17.0 Å². The van der Waals surface area contributed by atoms with Gasteiger partial charge in [0.2, 0.25) is 0 Å². The smallest absolute Gasteiger partial charge is 0.270 e. The van der Waals surface area contributed by atoms with Gasteiger partial charge in [0, 0.05) is 41.7 Å². The van der Waals surface area contributed by atoms with Gasteiger partial charge < -0.3 is 15.4 Å². The zero-order valence-electron chi connectivity index (χ0n) is 14.8. The second-order valence-electron chi connectivity index (χ2n) is 6.42. The van der Waals surface area contributed by atoms with E-state index in [0.717, 1.165) is 25.0 Å². The molecule has 1 saturated heterocycles. The fraction of sp³-hybridized carbons (Fsp3) is 0.316. The van der Waals surface area contributed by atoms with Crippen molar-refractivity contribution in [3.05, 3.63) is 62.7 Å². The molecule has 2 N–H and O–H groups in total. The third-order valence-corrected chi connectivity index (χ3v) is 4.84. The molecule has 0 aromatic heterocycles. The van der Waals surface area contributed by atoms with E-state index >= 15 is 0 Å². The van der Waals surface area contributed by atoms with Gasteiger partial charge in [-0.3, -0.25) is 14.9 Å². The van der Waals surface area contributed by atoms with E-state index < -0.39 is 10.8 Å². The van der Waals surface area contributed by atoms with Gasteiger partial charge >= 0.3 is 0 Å². The SMILES string of the molecule is Cc1ccc(NC(=O)c2cc([N+](=O)[O-])ccc2NC[C@@H]2CCCO2)cc1Cl. The number of nitro benzene ring substituents is 1. The molecular weight excluding hydrogens is 370 g/mol. The summed E-state index contributed by atoms with van der Waals surface area (Å²) < 4.78 is 5.57. The molecule has 1 heterocycles. The summed E-state index contributed by atoms with van der Waals surface area (Å²) in [6.07, 6.45) is 2.03. The first-order chi connectivity index (χ1) is 12.9. The number of carbonyl (C=O) groups excluding carboxylic acids is 1. The molecule has 8 heteroatoms. The predicted molar refractivity (Wildman–Crippen MR) is 105 cm³/mol. The largest absolute Gasteiger partial charge is 0.382 e. The molecule has 7 nitrogen and oxygen atoms in total. The van der Waals surface area contributed by atoms with Crippen molar-refractivity contribution >= 4 is 34.6 Å². The minimum absolute atomic E-state index is 0.0759. The summed E-state index contributed by atoms with van der Waals surface area (Å²) in [7, 11) is 0. The number of nitrogens with one attached hydrogen (secondary N) is 2. The number of hydrogen-bond acceptors (Lipinski definition) is 5. The third-order valence-electron chi connectivity index (χ3n) is 4.43. The first-order valence-electron chi connectivity index (χ1n) is 8.65. The molecule has 1 atom stereocenters. The Bertz CT molecular complexity index is 866. The fourth-order valence-corrected chi connectivity index (χ4v) is 3.07. The average molecular weight is 390 g/mol. The molecule has 2 aromatic carbocycles. The van der Waals surface area contributed by atoms with Crippen LogP contribution in [0.15, 0.2) is 36.4 Å². The van der Waals surface area contributed by atoms with E-state index in [1.807, 2.05) is 6.92 Å². The van der Waals surface area contributed by atoms with Crippen molar-refractivity contribution in [3.63, 3.8) is 0 Å². The molecular formula is C19H20ClN3O4. The highest BCUT2D eigenvalue weighted by Gasteiger charge is 2.20. The molecule has 27 heavy (non-hydrogen) atoms. The molecule has 0 saturated carbocycles. The number of aryl methyl sites for hydroxylation is 1. The highest BCUT2D eigenvalue weighted by molar-refractivity contribution is 6.31. The van der Waals surface area contributed by atoms with Gasteiger partial charge in [-0.1, -0.05) is 17.7 Å². The summed E-state index contributed by atoms with van der Waals surface area (Å²) >= 11 is 6.10. The molecule has 0 bridgehead atoms. The number of anilines is 2. The molecule has 2 aromatic rings. The van der Waals surface area contributed by atoms with Crippen LogP contribution in [0.4, 0.5) is 17.1 Å². The third kappa shape index (κ3) is 4.75. The van der Waals surface area contributed by atoms with Crippen LogP contribution in [0.1, 0.15) is 28.8 Å². The van der Waals surface area contributed by atoms with Gasteiger partial charge in [-0.25, -0.2) is 0 Å². The van der Waals surface area contributed by atoms with Gasteiger partial charge in [-0.2, -0.15) is 0 Å². The summed E-state index contributed by atoms with van der Waals surface area (Å²) in [5.74, 6) is -0.450. The zero-order chi connectivity index (χ0) is 19.4. The molecule has 1 amide bonds. The number of rotatable bonds is 6. The lowest BCUT2D eigenvalue weighted by Gasteiger charge is -2.15. The van der Waals surface area contributed by atoms with E-state index in [2.05, 4.69) is 10.6 Å². The van der Waals surface area contributed by atoms with Crippen LogP contribution >= 0.6 is 11.6 Å². The molecule has 3 rings (SSSR count). The van der Waals surface area contributed by atoms with Crippen LogP contribution < -0.4 is 10.6 Å². The Morgan fingerprint density at radius 3 is 2.81 bits per heavy atom. The van der Waals surface area contributed by atoms with Gasteiger partial charge in [0.25, 0.3) is 11.6 Å². The van der Waals surface area contributed by atoms with Gasteiger partial charge in [0.15, 0.2) is 0 Å². The highest BCUT2D eigenvalue weighted by Crippen LogP contribution is 2.26. The molecule has 142 valence electrons. The number of hydrogen-bond donors (Lipinski definition) is 2. The quantitative estimate of drug-likeness (QED) is 0.564. The van der Waals surface area contributed by atoms with Crippen molar-refractivity contribution in [2.24, 2.45) is 0 Å². The first kappa shape index (κ1) is 19.1. The van der Waals surface area contributed by atoms with Crippen molar-refractivity contribution in [2.75, 3.05) is 23.8 Å². The maximum Gasteiger partial charge on any atom is 0.270 e.